The van der Waals surface area contributed by atoms with Gasteiger partial charge in [-0.2, -0.15) is 8.42 Å². The van der Waals surface area contributed by atoms with Gasteiger partial charge in [0.1, 0.15) is 5.75 Å². The molecule has 3 aromatic rings. The summed E-state index contributed by atoms with van der Waals surface area (Å²) in [4.78, 5) is 0.398. The Bertz CT molecular complexity index is 1080. The molecular formula is C15H12Cl2N2O3S2. The van der Waals surface area contributed by atoms with Crippen molar-refractivity contribution in [2.75, 3.05) is 7.11 Å². The van der Waals surface area contributed by atoms with Gasteiger partial charge < -0.3 is 9.30 Å². The third-order valence-electron chi connectivity index (χ3n) is 3.41. The maximum atomic E-state index is 12.5. The SMILES string of the molecule is COc1ccc(S(=O)(=O)N=c2sc3ccc(Cl)c(Cl)c3n2C)cc1. The van der Waals surface area contributed by atoms with Crippen molar-refractivity contribution in [1.82, 2.24) is 4.57 Å². The number of halogens is 2. The van der Waals surface area contributed by atoms with E-state index >= 15 is 0 Å². The zero-order valence-electron chi connectivity index (χ0n) is 12.7. The summed E-state index contributed by atoms with van der Waals surface area (Å²) in [5.74, 6) is 0.572. The molecule has 3 rings (SSSR count). The molecule has 0 spiro atoms. The highest BCUT2D eigenvalue weighted by Gasteiger charge is 2.15. The van der Waals surface area contributed by atoms with E-state index in [4.69, 9.17) is 27.9 Å². The Morgan fingerprint density at radius 1 is 1.12 bits per heavy atom. The van der Waals surface area contributed by atoms with E-state index in [2.05, 4.69) is 4.40 Å². The molecule has 0 saturated heterocycles. The van der Waals surface area contributed by atoms with Gasteiger partial charge in [-0.15, -0.1) is 4.40 Å². The van der Waals surface area contributed by atoms with Gasteiger partial charge in [0.15, 0.2) is 0 Å². The first kappa shape index (κ1) is 17.3. The lowest BCUT2D eigenvalue weighted by atomic mass is 10.3. The van der Waals surface area contributed by atoms with Crippen molar-refractivity contribution >= 4 is 54.8 Å². The fourth-order valence-electron chi connectivity index (χ4n) is 2.16. The summed E-state index contributed by atoms with van der Waals surface area (Å²) in [6.45, 7) is 0. The topological polar surface area (TPSA) is 60.7 Å². The number of aromatic nitrogens is 1. The predicted molar refractivity (Wildman–Crippen MR) is 96.6 cm³/mol. The van der Waals surface area contributed by atoms with Crippen LogP contribution in [0.25, 0.3) is 10.2 Å². The van der Waals surface area contributed by atoms with E-state index in [1.165, 1.54) is 30.6 Å². The quantitative estimate of drug-likeness (QED) is 0.668. The van der Waals surface area contributed by atoms with Gasteiger partial charge in [-0.25, -0.2) is 0 Å². The van der Waals surface area contributed by atoms with E-state index in [9.17, 15) is 8.42 Å². The normalized spacial score (nSPS) is 12.8. The minimum atomic E-state index is -3.85. The molecule has 5 nitrogen and oxygen atoms in total. The molecule has 0 aliphatic heterocycles. The van der Waals surface area contributed by atoms with Crippen LogP contribution in [0.15, 0.2) is 45.7 Å². The van der Waals surface area contributed by atoms with Gasteiger partial charge in [-0.3, -0.25) is 0 Å². The van der Waals surface area contributed by atoms with E-state index in [0.29, 0.717) is 26.1 Å². The van der Waals surface area contributed by atoms with Crippen LogP contribution in [0.5, 0.6) is 5.75 Å². The van der Waals surface area contributed by atoms with Crippen LogP contribution in [-0.2, 0) is 17.1 Å². The Balaban J connectivity index is 2.18. The molecule has 126 valence electrons. The Hall–Kier alpha value is -1.54. The summed E-state index contributed by atoms with van der Waals surface area (Å²) >= 11 is 13.5. The first-order chi connectivity index (χ1) is 11.3. The second-order valence-electron chi connectivity index (χ2n) is 4.89. The summed E-state index contributed by atoms with van der Waals surface area (Å²) in [6.07, 6.45) is 0. The second kappa shape index (κ2) is 6.40. The molecule has 0 saturated carbocycles. The largest absolute Gasteiger partial charge is 0.497 e. The lowest BCUT2D eigenvalue weighted by Gasteiger charge is -2.02. The number of thiazole rings is 1. The molecule has 0 unspecified atom stereocenters. The van der Waals surface area contributed by atoms with Crippen LogP contribution < -0.4 is 9.54 Å². The van der Waals surface area contributed by atoms with Crippen LogP contribution in [0.4, 0.5) is 0 Å². The minimum Gasteiger partial charge on any atom is -0.497 e. The number of methoxy groups -OCH3 is 1. The molecule has 0 atom stereocenters. The maximum Gasteiger partial charge on any atom is 0.285 e. The van der Waals surface area contributed by atoms with Gasteiger partial charge in [-0.1, -0.05) is 34.5 Å². The van der Waals surface area contributed by atoms with Crippen LogP contribution in [-0.4, -0.2) is 20.1 Å². The Morgan fingerprint density at radius 3 is 2.42 bits per heavy atom. The van der Waals surface area contributed by atoms with Crippen LogP contribution in [0, 0.1) is 0 Å². The monoisotopic (exact) mass is 402 g/mol. The summed E-state index contributed by atoms with van der Waals surface area (Å²) in [5.41, 5.74) is 0.651. The number of nitrogens with zero attached hydrogens (tertiary/aromatic N) is 2. The van der Waals surface area contributed by atoms with Crippen molar-refractivity contribution in [3.63, 3.8) is 0 Å². The van der Waals surface area contributed by atoms with Gasteiger partial charge >= 0.3 is 0 Å². The van der Waals surface area contributed by atoms with Crippen molar-refractivity contribution in [3.05, 3.63) is 51.2 Å². The molecule has 2 aromatic carbocycles. The third kappa shape index (κ3) is 3.04. The molecule has 24 heavy (non-hydrogen) atoms. The van der Waals surface area contributed by atoms with Crippen LogP contribution >= 0.6 is 34.5 Å². The third-order valence-corrected chi connectivity index (χ3v) is 6.70. The molecule has 9 heteroatoms. The zero-order chi connectivity index (χ0) is 17.5. The number of fused-ring (bicyclic) bond motifs is 1. The van der Waals surface area contributed by atoms with Crippen molar-refractivity contribution in [3.8, 4) is 5.75 Å². The Morgan fingerprint density at radius 2 is 1.79 bits per heavy atom. The van der Waals surface area contributed by atoms with E-state index in [1.54, 1.807) is 35.9 Å². The molecule has 0 aliphatic carbocycles. The summed E-state index contributed by atoms with van der Waals surface area (Å²) < 4.78 is 36.4. The molecule has 0 fully saturated rings. The van der Waals surface area contributed by atoms with Crippen molar-refractivity contribution in [2.45, 2.75) is 4.90 Å². The van der Waals surface area contributed by atoms with Gasteiger partial charge in [0.05, 0.1) is 32.3 Å². The Labute approximate surface area is 152 Å². The van der Waals surface area contributed by atoms with E-state index in [0.717, 1.165) is 4.70 Å². The van der Waals surface area contributed by atoms with Crippen molar-refractivity contribution in [1.29, 1.82) is 0 Å². The fraction of sp³-hybridized carbons (Fsp3) is 0.133. The smallest absolute Gasteiger partial charge is 0.285 e. The fourth-order valence-corrected chi connectivity index (χ4v) is 4.92. The standard InChI is InChI=1S/C15H12Cl2N2O3S2/c1-19-14-12(8-7-11(16)13(14)17)23-15(19)18-24(20,21)10-5-3-9(22-2)4-6-10/h3-8H,1-2H3. The van der Waals surface area contributed by atoms with Crippen molar-refractivity contribution < 1.29 is 13.2 Å². The number of hydrogen-bond donors (Lipinski definition) is 0. The lowest BCUT2D eigenvalue weighted by Crippen LogP contribution is -2.13. The minimum absolute atomic E-state index is 0.0879. The maximum absolute atomic E-state index is 12.5. The highest BCUT2D eigenvalue weighted by atomic mass is 35.5. The van der Waals surface area contributed by atoms with Gasteiger partial charge in [0.25, 0.3) is 10.0 Å². The van der Waals surface area contributed by atoms with Gasteiger partial charge in [0, 0.05) is 7.05 Å². The van der Waals surface area contributed by atoms with E-state index in [1.807, 2.05) is 0 Å². The lowest BCUT2D eigenvalue weighted by molar-refractivity contribution is 0.414. The number of aryl methyl sites for hydroxylation is 1. The highest BCUT2D eigenvalue weighted by molar-refractivity contribution is 7.90. The van der Waals surface area contributed by atoms with Gasteiger partial charge in [0.2, 0.25) is 4.80 Å². The Kier molecular flexibility index (Phi) is 4.61. The molecule has 0 aliphatic rings. The summed E-state index contributed by atoms with van der Waals surface area (Å²) in [7, 11) is -0.637. The number of sulfonamides is 1. The second-order valence-corrected chi connectivity index (χ2v) is 8.29. The first-order valence-corrected chi connectivity index (χ1v) is 9.73. The van der Waals surface area contributed by atoms with Crippen LogP contribution in [0.1, 0.15) is 0 Å². The van der Waals surface area contributed by atoms with E-state index < -0.39 is 10.0 Å². The molecule has 0 radical (unpaired) electrons. The van der Waals surface area contributed by atoms with Crippen LogP contribution in [0.3, 0.4) is 0 Å². The summed E-state index contributed by atoms with van der Waals surface area (Å²) in [6, 6.07) is 9.51. The zero-order valence-corrected chi connectivity index (χ0v) is 15.8. The average molecular weight is 403 g/mol. The molecular weight excluding hydrogens is 391 g/mol. The number of hydrogen-bond acceptors (Lipinski definition) is 4. The molecule has 0 N–H and O–H groups in total. The summed E-state index contributed by atoms with van der Waals surface area (Å²) in [5, 5.41) is 0.776. The average Bonchev–Trinajstić information content (AvgIpc) is 2.87. The highest BCUT2D eigenvalue weighted by Crippen LogP contribution is 2.31. The number of rotatable bonds is 3. The van der Waals surface area contributed by atoms with Crippen LogP contribution in [0.2, 0.25) is 10.0 Å². The predicted octanol–water partition coefficient (Wildman–Crippen LogP) is 3.84. The molecule has 1 aromatic heterocycles. The van der Waals surface area contributed by atoms with E-state index in [-0.39, 0.29) is 4.90 Å². The molecule has 0 bridgehead atoms. The number of ether oxygens (including phenoxy) is 1. The first-order valence-electron chi connectivity index (χ1n) is 6.72. The number of benzene rings is 2. The molecule has 1 heterocycles. The van der Waals surface area contributed by atoms with Gasteiger partial charge in [-0.05, 0) is 36.4 Å². The van der Waals surface area contributed by atoms with Crippen molar-refractivity contribution in [2.24, 2.45) is 11.4 Å². The molecule has 0 amide bonds.